The number of carbonyl (C=O) groups is 1. The van der Waals surface area contributed by atoms with Crippen molar-refractivity contribution in [3.63, 3.8) is 0 Å². The van der Waals surface area contributed by atoms with E-state index in [4.69, 9.17) is 4.74 Å². The Hall–Kier alpha value is -3.03. The molecule has 1 aliphatic heterocycles. The van der Waals surface area contributed by atoms with Gasteiger partial charge in [-0.2, -0.15) is 5.10 Å². The van der Waals surface area contributed by atoms with Crippen LogP contribution in [0.15, 0.2) is 60.2 Å². The van der Waals surface area contributed by atoms with Gasteiger partial charge in [0, 0.05) is 36.8 Å². The van der Waals surface area contributed by atoms with Crippen LogP contribution in [0.5, 0.6) is 0 Å². The number of hydrogen-bond donors (Lipinski definition) is 1. The summed E-state index contributed by atoms with van der Waals surface area (Å²) in [5, 5.41) is 10.4. The van der Waals surface area contributed by atoms with Crippen LogP contribution in [-0.4, -0.2) is 40.4 Å². The molecule has 1 aliphatic rings. The topological polar surface area (TPSA) is 69.0 Å². The van der Waals surface area contributed by atoms with Crippen molar-refractivity contribution < 1.29 is 9.53 Å². The molecule has 0 radical (unpaired) electrons. The molecule has 5 rings (SSSR count). The molecule has 1 N–H and O–H groups in total. The molecule has 3 aromatic heterocycles. The second kappa shape index (κ2) is 8.38. The van der Waals surface area contributed by atoms with Crippen LogP contribution in [0, 0.1) is 5.92 Å². The van der Waals surface area contributed by atoms with Crippen molar-refractivity contribution in [2.45, 2.75) is 12.8 Å². The predicted octanol–water partition coefficient (Wildman–Crippen LogP) is 3.84. The molecular formula is C23H22N4O2S. The maximum atomic E-state index is 12.7. The Morgan fingerprint density at radius 2 is 2.17 bits per heavy atom. The SMILES string of the molecule is O=C(NCC1CCOC1)c1cc(Cc2ccc(-n3cccn3)cc2)c2ccsc2n1. The summed E-state index contributed by atoms with van der Waals surface area (Å²) in [7, 11) is 0. The van der Waals surface area contributed by atoms with E-state index in [-0.39, 0.29) is 5.91 Å². The van der Waals surface area contributed by atoms with Gasteiger partial charge in [-0.3, -0.25) is 4.79 Å². The van der Waals surface area contributed by atoms with Crippen molar-refractivity contribution in [1.82, 2.24) is 20.1 Å². The van der Waals surface area contributed by atoms with Crippen LogP contribution in [0.2, 0.25) is 0 Å². The van der Waals surface area contributed by atoms with Gasteiger partial charge in [-0.05, 0) is 59.7 Å². The van der Waals surface area contributed by atoms with E-state index in [1.807, 2.05) is 28.4 Å². The van der Waals surface area contributed by atoms with Gasteiger partial charge in [0.1, 0.15) is 10.5 Å². The van der Waals surface area contributed by atoms with Crippen LogP contribution in [0.1, 0.15) is 28.0 Å². The largest absolute Gasteiger partial charge is 0.381 e. The number of fused-ring (bicyclic) bond motifs is 1. The molecule has 1 saturated heterocycles. The quantitative estimate of drug-likeness (QED) is 0.517. The number of carbonyl (C=O) groups excluding carboxylic acids is 1. The summed E-state index contributed by atoms with van der Waals surface area (Å²) in [6.07, 6.45) is 5.43. The van der Waals surface area contributed by atoms with E-state index < -0.39 is 0 Å². The number of rotatable bonds is 6. The lowest BCUT2D eigenvalue weighted by molar-refractivity contribution is 0.0940. The van der Waals surface area contributed by atoms with Crippen molar-refractivity contribution >= 4 is 27.5 Å². The normalized spacial score (nSPS) is 16.2. The molecule has 6 nitrogen and oxygen atoms in total. The molecule has 1 fully saturated rings. The van der Waals surface area contributed by atoms with Crippen molar-refractivity contribution in [3.05, 3.63) is 77.1 Å². The number of amides is 1. The molecule has 0 aliphatic carbocycles. The minimum absolute atomic E-state index is 0.118. The minimum atomic E-state index is -0.118. The fourth-order valence-corrected chi connectivity index (χ4v) is 4.57. The maximum Gasteiger partial charge on any atom is 0.269 e. The Kier molecular flexibility index (Phi) is 5.29. The Labute approximate surface area is 178 Å². The Morgan fingerprint density at radius 3 is 2.93 bits per heavy atom. The first-order chi connectivity index (χ1) is 14.8. The number of benzene rings is 1. The summed E-state index contributed by atoms with van der Waals surface area (Å²) in [6, 6.07) is 14.3. The minimum Gasteiger partial charge on any atom is -0.381 e. The molecule has 0 bridgehead atoms. The third-order valence-corrected chi connectivity index (χ3v) is 6.24. The number of ether oxygens (including phenoxy) is 1. The summed E-state index contributed by atoms with van der Waals surface area (Å²) in [5.41, 5.74) is 3.80. The Balaban J connectivity index is 1.36. The number of nitrogens with zero attached hydrogens (tertiary/aromatic N) is 3. The van der Waals surface area contributed by atoms with Gasteiger partial charge >= 0.3 is 0 Å². The van der Waals surface area contributed by atoms with Crippen LogP contribution >= 0.6 is 11.3 Å². The van der Waals surface area contributed by atoms with Crippen LogP contribution in [-0.2, 0) is 11.2 Å². The van der Waals surface area contributed by atoms with Gasteiger partial charge in [0.2, 0.25) is 0 Å². The summed E-state index contributed by atoms with van der Waals surface area (Å²) in [4.78, 5) is 18.2. The molecule has 1 aromatic carbocycles. The number of nitrogens with one attached hydrogen (secondary N) is 1. The van der Waals surface area contributed by atoms with E-state index in [9.17, 15) is 4.79 Å². The third kappa shape index (κ3) is 3.99. The molecule has 30 heavy (non-hydrogen) atoms. The number of aromatic nitrogens is 3. The van der Waals surface area contributed by atoms with Crippen LogP contribution < -0.4 is 5.32 Å². The van der Waals surface area contributed by atoms with E-state index in [1.165, 1.54) is 5.56 Å². The Morgan fingerprint density at radius 1 is 1.27 bits per heavy atom. The van der Waals surface area contributed by atoms with Crippen molar-refractivity contribution in [3.8, 4) is 5.69 Å². The van der Waals surface area contributed by atoms with Gasteiger partial charge in [-0.1, -0.05) is 12.1 Å². The fraction of sp³-hybridized carbons (Fsp3) is 0.261. The van der Waals surface area contributed by atoms with E-state index in [0.29, 0.717) is 18.2 Å². The zero-order valence-electron chi connectivity index (χ0n) is 16.5. The summed E-state index contributed by atoms with van der Waals surface area (Å²) < 4.78 is 7.23. The second-order valence-electron chi connectivity index (χ2n) is 7.54. The lowest BCUT2D eigenvalue weighted by atomic mass is 10.0. The van der Waals surface area contributed by atoms with Gasteiger partial charge < -0.3 is 10.1 Å². The molecule has 1 amide bonds. The molecule has 0 saturated carbocycles. The molecule has 4 heterocycles. The zero-order chi connectivity index (χ0) is 20.3. The summed E-state index contributed by atoms with van der Waals surface area (Å²) in [6.45, 7) is 2.13. The highest BCUT2D eigenvalue weighted by molar-refractivity contribution is 7.16. The van der Waals surface area contributed by atoms with E-state index in [1.54, 1.807) is 17.5 Å². The molecule has 152 valence electrons. The van der Waals surface area contributed by atoms with Crippen molar-refractivity contribution in [2.75, 3.05) is 19.8 Å². The Bertz CT molecular complexity index is 1150. The van der Waals surface area contributed by atoms with E-state index in [2.05, 4.69) is 45.7 Å². The summed E-state index contributed by atoms with van der Waals surface area (Å²) in [5.74, 6) is 0.277. The molecular weight excluding hydrogens is 396 g/mol. The van der Waals surface area contributed by atoms with Crippen molar-refractivity contribution in [1.29, 1.82) is 0 Å². The fourth-order valence-electron chi connectivity index (χ4n) is 3.76. The first-order valence-electron chi connectivity index (χ1n) is 10.1. The monoisotopic (exact) mass is 418 g/mol. The molecule has 1 unspecified atom stereocenters. The predicted molar refractivity (Wildman–Crippen MR) is 117 cm³/mol. The molecule has 4 aromatic rings. The van der Waals surface area contributed by atoms with Crippen LogP contribution in [0.3, 0.4) is 0 Å². The number of thiophene rings is 1. The van der Waals surface area contributed by atoms with Gasteiger partial charge in [0.25, 0.3) is 5.91 Å². The average molecular weight is 419 g/mol. The van der Waals surface area contributed by atoms with Crippen LogP contribution in [0.25, 0.3) is 15.9 Å². The molecule has 7 heteroatoms. The average Bonchev–Trinajstić information content (AvgIpc) is 3.55. The third-order valence-electron chi connectivity index (χ3n) is 5.43. The molecule has 1 atom stereocenters. The first-order valence-corrected chi connectivity index (χ1v) is 11.0. The molecule has 0 spiro atoms. The van der Waals surface area contributed by atoms with Gasteiger partial charge in [-0.25, -0.2) is 9.67 Å². The van der Waals surface area contributed by atoms with Crippen molar-refractivity contribution in [2.24, 2.45) is 5.92 Å². The lowest BCUT2D eigenvalue weighted by Crippen LogP contribution is -2.30. The maximum absolute atomic E-state index is 12.7. The first kappa shape index (κ1) is 19.0. The van der Waals surface area contributed by atoms with Crippen LogP contribution in [0.4, 0.5) is 0 Å². The van der Waals surface area contributed by atoms with Gasteiger partial charge in [0.15, 0.2) is 0 Å². The highest BCUT2D eigenvalue weighted by Gasteiger charge is 2.18. The van der Waals surface area contributed by atoms with Gasteiger partial charge in [0.05, 0.1) is 12.3 Å². The highest BCUT2D eigenvalue weighted by Crippen LogP contribution is 2.26. The lowest BCUT2D eigenvalue weighted by Gasteiger charge is -2.11. The zero-order valence-corrected chi connectivity index (χ0v) is 17.3. The summed E-state index contributed by atoms with van der Waals surface area (Å²) >= 11 is 1.57. The standard InChI is InChI=1S/C23H22N4O2S/c28-22(24-14-17-6-10-29-15-17)21-13-18(20-7-11-30-23(20)26-21)12-16-2-4-19(5-3-16)27-9-1-8-25-27/h1-5,7-9,11,13,17H,6,10,12,14-15H2,(H,24,28). The van der Waals surface area contributed by atoms with E-state index >= 15 is 0 Å². The smallest absolute Gasteiger partial charge is 0.269 e. The van der Waals surface area contributed by atoms with E-state index in [0.717, 1.165) is 47.5 Å². The van der Waals surface area contributed by atoms with Gasteiger partial charge in [-0.15, -0.1) is 11.3 Å². The number of pyridine rings is 1. The second-order valence-corrected chi connectivity index (χ2v) is 8.43. The highest BCUT2D eigenvalue weighted by atomic mass is 32.1. The number of hydrogen-bond acceptors (Lipinski definition) is 5.